The van der Waals surface area contributed by atoms with Crippen LogP contribution in [0.25, 0.3) is 0 Å². The molecule has 0 bridgehead atoms. The molecule has 0 unspecified atom stereocenters. The summed E-state index contributed by atoms with van der Waals surface area (Å²) in [6, 6.07) is 4.40. The minimum absolute atomic E-state index is 0.839. The molecule has 0 spiro atoms. The third-order valence-electron chi connectivity index (χ3n) is 3.46. The highest BCUT2D eigenvalue weighted by Crippen LogP contribution is 2.28. The Morgan fingerprint density at radius 1 is 1.24 bits per heavy atom. The topological polar surface area (TPSA) is 12.0 Å². The second-order valence-corrected chi connectivity index (χ2v) is 6.97. The molecule has 0 radical (unpaired) electrons. The quantitative estimate of drug-likeness (QED) is 0.805. The van der Waals surface area contributed by atoms with Crippen molar-refractivity contribution in [3.63, 3.8) is 0 Å². The molecule has 0 heterocycles. The number of halogens is 1. The molecule has 3 heteroatoms. The third-order valence-corrected chi connectivity index (χ3v) is 5.04. The van der Waals surface area contributed by atoms with Gasteiger partial charge in [0.05, 0.1) is 0 Å². The van der Waals surface area contributed by atoms with E-state index < -0.39 is 0 Å². The number of nitrogens with one attached hydrogen (secondary N) is 1. The Morgan fingerprint density at radius 3 is 2.41 bits per heavy atom. The Morgan fingerprint density at radius 2 is 1.82 bits per heavy atom. The van der Waals surface area contributed by atoms with Gasteiger partial charge in [-0.1, -0.05) is 40.7 Å². The fourth-order valence-corrected chi connectivity index (χ4v) is 4.18. The van der Waals surface area contributed by atoms with Gasteiger partial charge in [-0.2, -0.15) is 0 Å². The zero-order valence-electron chi connectivity index (χ0n) is 10.6. The second-order valence-electron chi connectivity index (χ2n) is 4.86. The van der Waals surface area contributed by atoms with Crippen LogP contribution < -0.4 is 4.72 Å². The van der Waals surface area contributed by atoms with Crippen molar-refractivity contribution in [2.24, 2.45) is 0 Å². The maximum atomic E-state index is 3.55. The van der Waals surface area contributed by atoms with Crippen molar-refractivity contribution in [3.05, 3.63) is 33.3 Å². The maximum absolute atomic E-state index is 3.55. The first-order chi connectivity index (χ1) is 8.16. The highest BCUT2D eigenvalue weighted by Gasteiger charge is 2.15. The van der Waals surface area contributed by atoms with Crippen LogP contribution in [0.2, 0.25) is 0 Å². The van der Waals surface area contributed by atoms with Gasteiger partial charge in [-0.05, 0) is 55.5 Å². The molecule has 0 amide bonds. The van der Waals surface area contributed by atoms with E-state index in [1.165, 1.54) is 46.8 Å². The Labute approximate surface area is 117 Å². The molecule has 1 aliphatic rings. The monoisotopic (exact) mass is 313 g/mol. The Kier molecular flexibility index (Phi) is 4.95. The van der Waals surface area contributed by atoms with Gasteiger partial charge < -0.3 is 0 Å². The molecule has 1 aromatic rings. The van der Waals surface area contributed by atoms with Gasteiger partial charge in [-0.15, -0.1) is 0 Å². The van der Waals surface area contributed by atoms with Gasteiger partial charge in [0, 0.05) is 16.3 Å². The normalized spacial score (nSPS) is 16.6. The molecule has 1 aliphatic carbocycles. The fraction of sp³-hybridized carbons (Fsp3) is 0.571. The van der Waals surface area contributed by atoms with E-state index in [0.29, 0.717) is 0 Å². The Hall–Kier alpha value is 0.01000. The first kappa shape index (κ1) is 13.4. The number of aryl methyl sites for hydroxylation is 2. The van der Waals surface area contributed by atoms with E-state index in [1.807, 2.05) is 11.9 Å². The summed E-state index contributed by atoms with van der Waals surface area (Å²) in [6.07, 6.45) is 5.59. The Bertz CT molecular complexity index is 363. The van der Waals surface area contributed by atoms with Crippen LogP contribution >= 0.6 is 27.9 Å². The van der Waals surface area contributed by atoms with Crippen molar-refractivity contribution in [3.8, 4) is 0 Å². The van der Waals surface area contributed by atoms with Crippen LogP contribution in [0, 0.1) is 13.8 Å². The van der Waals surface area contributed by atoms with Gasteiger partial charge in [-0.3, -0.25) is 4.72 Å². The fourth-order valence-electron chi connectivity index (χ4n) is 2.46. The molecule has 0 saturated heterocycles. The summed E-state index contributed by atoms with van der Waals surface area (Å²) in [5.74, 6) is 0. The number of benzene rings is 1. The number of hydrogen-bond acceptors (Lipinski definition) is 2. The van der Waals surface area contributed by atoms with E-state index in [2.05, 4.69) is 46.6 Å². The van der Waals surface area contributed by atoms with E-state index in [4.69, 9.17) is 0 Å². The average molecular weight is 314 g/mol. The average Bonchev–Trinajstić information content (AvgIpc) is 2.74. The minimum atomic E-state index is 0.839. The first-order valence-electron chi connectivity index (χ1n) is 6.31. The van der Waals surface area contributed by atoms with Crippen molar-refractivity contribution in [1.82, 2.24) is 4.72 Å². The highest BCUT2D eigenvalue weighted by atomic mass is 79.9. The largest absolute Gasteiger partial charge is 0.259 e. The number of hydrogen-bond donors (Lipinski definition) is 1. The van der Waals surface area contributed by atoms with Crippen molar-refractivity contribution < 1.29 is 0 Å². The lowest BCUT2D eigenvalue weighted by molar-refractivity contribution is 0.875. The summed E-state index contributed by atoms with van der Waals surface area (Å²) in [6.45, 7) is 5.36. The molecular formula is C14H20BrNS. The molecule has 94 valence electrons. The summed E-state index contributed by atoms with van der Waals surface area (Å²) < 4.78 is 4.73. The van der Waals surface area contributed by atoms with Gasteiger partial charge in [-0.25, -0.2) is 0 Å². The summed E-state index contributed by atoms with van der Waals surface area (Å²) >= 11 is 5.48. The van der Waals surface area contributed by atoms with Crippen LogP contribution in [0.5, 0.6) is 0 Å². The smallest absolute Gasteiger partial charge is 0.0315 e. The van der Waals surface area contributed by atoms with Crippen LogP contribution in [0.15, 0.2) is 16.6 Å². The molecule has 17 heavy (non-hydrogen) atoms. The lowest BCUT2D eigenvalue weighted by Crippen LogP contribution is -2.11. The van der Waals surface area contributed by atoms with Crippen molar-refractivity contribution >= 4 is 27.9 Å². The zero-order chi connectivity index (χ0) is 12.3. The summed E-state index contributed by atoms with van der Waals surface area (Å²) in [4.78, 5) is 0. The molecule has 1 fully saturated rings. The van der Waals surface area contributed by atoms with Crippen LogP contribution in [0.3, 0.4) is 0 Å². The van der Waals surface area contributed by atoms with E-state index in [-0.39, 0.29) is 0 Å². The van der Waals surface area contributed by atoms with Crippen LogP contribution in [0.1, 0.15) is 42.4 Å². The van der Waals surface area contributed by atoms with Crippen molar-refractivity contribution in [2.45, 2.75) is 51.3 Å². The molecule has 1 aromatic carbocycles. The third kappa shape index (κ3) is 3.73. The predicted molar refractivity (Wildman–Crippen MR) is 80.3 cm³/mol. The van der Waals surface area contributed by atoms with Gasteiger partial charge in [0.2, 0.25) is 0 Å². The standard InChI is InChI=1S/C14H20BrNS/c1-10-7-12(15)8-11(2)14(10)9-16-17-13-5-3-4-6-13/h7-8,13,16H,3-6,9H2,1-2H3. The molecule has 1 saturated carbocycles. The van der Waals surface area contributed by atoms with Crippen molar-refractivity contribution in [2.75, 3.05) is 0 Å². The lowest BCUT2D eigenvalue weighted by Gasteiger charge is -2.13. The van der Waals surface area contributed by atoms with E-state index in [1.54, 1.807) is 0 Å². The van der Waals surface area contributed by atoms with E-state index in [9.17, 15) is 0 Å². The lowest BCUT2D eigenvalue weighted by atomic mass is 10.0. The van der Waals surface area contributed by atoms with Crippen molar-refractivity contribution in [1.29, 1.82) is 0 Å². The van der Waals surface area contributed by atoms with Gasteiger partial charge in [0.25, 0.3) is 0 Å². The minimum Gasteiger partial charge on any atom is -0.259 e. The molecular weight excluding hydrogens is 294 g/mol. The van der Waals surface area contributed by atoms with Gasteiger partial charge in [0.1, 0.15) is 0 Å². The summed E-state index contributed by atoms with van der Waals surface area (Å²) in [7, 11) is 0. The zero-order valence-corrected chi connectivity index (χ0v) is 13.0. The highest BCUT2D eigenvalue weighted by molar-refractivity contribution is 9.10. The number of rotatable bonds is 4. The van der Waals surface area contributed by atoms with Gasteiger partial charge >= 0.3 is 0 Å². The Balaban J connectivity index is 1.89. The van der Waals surface area contributed by atoms with Crippen LogP contribution in [0.4, 0.5) is 0 Å². The summed E-state index contributed by atoms with van der Waals surface area (Å²) in [5, 5.41) is 0.839. The second kappa shape index (κ2) is 6.26. The van der Waals surface area contributed by atoms with E-state index in [0.717, 1.165) is 11.8 Å². The first-order valence-corrected chi connectivity index (χ1v) is 7.98. The maximum Gasteiger partial charge on any atom is 0.0315 e. The molecule has 1 nitrogen and oxygen atoms in total. The molecule has 0 atom stereocenters. The van der Waals surface area contributed by atoms with Gasteiger partial charge in [0.15, 0.2) is 0 Å². The summed E-state index contributed by atoms with van der Waals surface area (Å²) in [5.41, 5.74) is 4.19. The van der Waals surface area contributed by atoms with E-state index >= 15 is 0 Å². The SMILES string of the molecule is Cc1cc(Br)cc(C)c1CNSC1CCCC1. The molecule has 1 N–H and O–H groups in total. The van der Waals surface area contributed by atoms with Crippen LogP contribution in [-0.4, -0.2) is 5.25 Å². The predicted octanol–water partition coefficient (Wildman–Crippen LogP) is 4.75. The molecule has 0 aliphatic heterocycles. The molecule has 2 rings (SSSR count). The molecule has 0 aromatic heterocycles. The van der Waals surface area contributed by atoms with Crippen LogP contribution in [-0.2, 0) is 6.54 Å².